The predicted octanol–water partition coefficient (Wildman–Crippen LogP) is 3.83. The van der Waals surface area contributed by atoms with Gasteiger partial charge in [-0.3, -0.25) is 0 Å². The Balaban J connectivity index is 1.49. The molecule has 3 nitrogen and oxygen atoms in total. The summed E-state index contributed by atoms with van der Waals surface area (Å²) in [4.78, 5) is 0. The van der Waals surface area contributed by atoms with Crippen molar-refractivity contribution >= 4 is 17.3 Å². The number of ether oxygens (including phenoxy) is 1. The highest BCUT2D eigenvalue weighted by atomic mass is 32.1. The number of nitrogens with one attached hydrogen (secondary N) is 2. The summed E-state index contributed by atoms with van der Waals surface area (Å²) < 4.78 is 5.66. The average Bonchev–Trinajstić information content (AvgIpc) is 3.36. The molecule has 26 heavy (non-hydrogen) atoms. The summed E-state index contributed by atoms with van der Waals surface area (Å²) in [5.41, 5.74) is 4.82. The van der Waals surface area contributed by atoms with Crippen LogP contribution < -0.4 is 10.6 Å². The standard InChI is InChI=1S/C22H30N2OS/c1-25-18-8-10-21(11-9-18)13-17-7-6-16(5-4-15-2-3-15)12-19(17)22(21)14-23-20(26)24-22/h6-7,12,15,18H,2-5,8-11,13-14H2,1H3,(H2,23,24,26). The van der Waals surface area contributed by atoms with Crippen LogP contribution >= 0.6 is 12.2 Å². The first-order chi connectivity index (χ1) is 12.6. The lowest BCUT2D eigenvalue weighted by Crippen LogP contribution is -2.54. The van der Waals surface area contributed by atoms with Crippen LogP contribution in [0.1, 0.15) is 61.6 Å². The van der Waals surface area contributed by atoms with Gasteiger partial charge in [0.25, 0.3) is 0 Å². The molecule has 2 saturated carbocycles. The molecule has 1 aromatic carbocycles. The fourth-order valence-electron chi connectivity index (χ4n) is 5.87. The second-order valence-corrected chi connectivity index (χ2v) is 9.49. The second kappa shape index (κ2) is 6.20. The van der Waals surface area contributed by atoms with Gasteiger partial charge in [0.1, 0.15) is 0 Å². The molecule has 0 radical (unpaired) electrons. The maximum Gasteiger partial charge on any atom is 0.167 e. The van der Waals surface area contributed by atoms with Crippen LogP contribution in [0.5, 0.6) is 0 Å². The molecule has 0 bridgehead atoms. The van der Waals surface area contributed by atoms with Gasteiger partial charge in [-0.05, 0) is 79.8 Å². The first-order valence-corrected chi connectivity index (χ1v) is 10.8. The number of rotatable bonds is 4. The Morgan fingerprint density at radius 2 is 2.00 bits per heavy atom. The van der Waals surface area contributed by atoms with E-state index in [1.54, 1.807) is 0 Å². The van der Waals surface area contributed by atoms with Crippen molar-refractivity contribution in [3.63, 3.8) is 0 Å². The van der Waals surface area contributed by atoms with Crippen LogP contribution in [0.4, 0.5) is 0 Å². The molecule has 1 aromatic rings. The zero-order valence-corrected chi connectivity index (χ0v) is 16.6. The maximum atomic E-state index is 5.66. The highest BCUT2D eigenvalue weighted by Crippen LogP contribution is 2.58. The van der Waals surface area contributed by atoms with Crippen LogP contribution in [-0.4, -0.2) is 24.9 Å². The average molecular weight is 371 g/mol. The van der Waals surface area contributed by atoms with Gasteiger partial charge in [-0.2, -0.15) is 0 Å². The molecule has 1 saturated heterocycles. The van der Waals surface area contributed by atoms with Gasteiger partial charge in [0.05, 0.1) is 11.6 Å². The van der Waals surface area contributed by atoms with E-state index in [2.05, 4.69) is 28.8 Å². The zero-order chi connectivity index (χ0) is 17.8. The first-order valence-electron chi connectivity index (χ1n) is 10.4. The van der Waals surface area contributed by atoms with E-state index in [0.717, 1.165) is 30.4 Å². The smallest absolute Gasteiger partial charge is 0.167 e. The topological polar surface area (TPSA) is 33.3 Å². The highest BCUT2D eigenvalue weighted by molar-refractivity contribution is 7.80. The lowest BCUT2D eigenvalue weighted by molar-refractivity contribution is -0.00494. The van der Waals surface area contributed by atoms with Crippen molar-refractivity contribution < 1.29 is 4.74 Å². The minimum atomic E-state index is -0.0201. The molecule has 140 valence electrons. The summed E-state index contributed by atoms with van der Waals surface area (Å²) in [7, 11) is 1.86. The number of hydrogen-bond acceptors (Lipinski definition) is 2. The third-order valence-corrected chi connectivity index (χ3v) is 7.92. The third-order valence-electron chi connectivity index (χ3n) is 7.67. The van der Waals surface area contributed by atoms with Gasteiger partial charge in [-0.1, -0.05) is 31.0 Å². The lowest BCUT2D eigenvalue weighted by Gasteiger charge is -2.47. The van der Waals surface area contributed by atoms with Crippen LogP contribution in [-0.2, 0) is 23.1 Å². The van der Waals surface area contributed by atoms with Crippen molar-refractivity contribution in [1.29, 1.82) is 0 Å². The number of aryl methyl sites for hydroxylation is 1. The van der Waals surface area contributed by atoms with E-state index >= 15 is 0 Å². The minimum Gasteiger partial charge on any atom is -0.381 e. The molecule has 2 spiro atoms. The highest BCUT2D eigenvalue weighted by Gasteiger charge is 2.60. The van der Waals surface area contributed by atoms with Crippen molar-refractivity contribution in [3.05, 3.63) is 34.9 Å². The molecule has 3 aliphatic carbocycles. The van der Waals surface area contributed by atoms with Crippen LogP contribution in [0, 0.1) is 11.3 Å². The molecule has 3 fully saturated rings. The van der Waals surface area contributed by atoms with E-state index in [9.17, 15) is 0 Å². The molecule has 5 rings (SSSR count). The number of methoxy groups -OCH3 is 1. The van der Waals surface area contributed by atoms with Gasteiger partial charge in [0.15, 0.2) is 5.11 Å². The number of fused-ring (bicyclic) bond motifs is 3. The molecule has 1 unspecified atom stereocenters. The Hall–Kier alpha value is -1.13. The van der Waals surface area contributed by atoms with Crippen LogP contribution in [0.3, 0.4) is 0 Å². The summed E-state index contributed by atoms with van der Waals surface area (Å²) in [5, 5.41) is 8.05. The van der Waals surface area contributed by atoms with Crippen LogP contribution in [0.15, 0.2) is 18.2 Å². The molecule has 0 amide bonds. The number of thiocarbonyl (C=S) groups is 1. The van der Waals surface area contributed by atoms with Crippen molar-refractivity contribution in [3.8, 4) is 0 Å². The monoisotopic (exact) mass is 370 g/mol. The second-order valence-electron chi connectivity index (χ2n) is 9.08. The Kier molecular flexibility index (Phi) is 4.05. The molecule has 4 heteroatoms. The predicted molar refractivity (Wildman–Crippen MR) is 108 cm³/mol. The summed E-state index contributed by atoms with van der Waals surface area (Å²) in [6, 6.07) is 7.31. The summed E-state index contributed by atoms with van der Waals surface area (Å²) in [6.07, 6.45) is 11.8. The fraction of sp³-hybridized carbons (Fsp3) is 0.682. The van der Waals surface area contributed by atoms with Gasteiger partial charge >= 0.3 is 0 Å². The molecule has 1 aliphatic heterocycles. The lowest BCUT2D eigenvalue weighted by atomic mass is 9.61. The van der Waals surface area contributed by atoms with Crippen LogP contribution in [0.25, 0.3) is 0 Å². The molecular weight excluding hydrogens is 340 g/mol. The normalized spacial score (nSPS) is 35.6. The van der Waals surface area contributed by atoms with Crippen molar-refractivity contribution in [2.75, 3.05) is 13.7 Å². The van der Waals surface area contributed by atoms with Crippen LogP contribution in [0.2, 0.25) is 0 Å². The van der Waals surface area contributed by atoms with Gasteiger partial charge in [0, 0.05) is 19.1 Å². The van der Waals surface area contributed by atoms with Crippen molar-refractivity contribution in [1.82, 2.24) is 10.6 Å². The largest absolute Gasteiger partial charge is 0.381 e. The summed E-state index contributed by atoms with van der Waals surface area (Å²) in [6.45, 7) is 0.933. The Bertz CT molecular complexity index is 721. The van der Waals surface area contributed by atoms with Crippen molar-refractivity contribution in [2.24, 2.45) is 11.3 Å². The van der Waals surface area contributed by atoms with Gasteiger partial charge in [-0.15, -0.1) is 0 Å². The Morgan fingerprint density at radius 3 is 2.65 bits per heavy atom. The summed E-state index contributed by atoms with van der Waals surface area (Å²) in [5.74, 6) is 0.992. The summed E-state index contributed by atoms with van der Waals surface area (Å²) >= 11 is 5.54. The zero-order valence-electron chi connectivity index (χ0n) is 15.8. The SMILES string of the molecule is COC1CCC2(CC1)Cc1ccc(CCC3CC3)cc1C21CNC(=S)N1. The van der Waals surface area contributed by atoms with E-state index in [0.29, 0.717) is 6.10 Å². The van der Waals surface area contributed by atoms with Gasteiger partial charge in [0.2, 0.25) is 0 Å². The minimum absolute atomic E-state index is 0.0201. The van der Waals surface area contributed by atoms with E-state index in [1.165, 1.54) is 61.6 Å². The van der Waals surface area contributed by atoms with Gasteiger partial charge < -0.3 is 15.4 Å². The maximum absolute atomic E-state index is 5.66. The van der Waals surface area contributed by atoms with Gasteiger partial charge in [-0.25, -0.2) is 0 Å². The Labute approximate surface area is 162 Å². The Morgan fingerprint density at radius 1 is 1.19 bits per heavy atom. The quantitative estimate of drug-likeness (QED) is 0.789. The van der Waals surface area contributed by atoms with E-state index in [-0.39, 0.29) is 11.0 Å². The number of benzene rings is 1. The molecule has 2 N–H and O–H groups in total. The number of hydrogen-bond donors (Lipinski definition) is 2. The molecular formula is C22H30N2OS. The molecule has 0 aromatic heterocycles. The fourth-order valence-corrected chi connectivity index (χ4v) is 6.12. The van der Waals surface area contributed by atoms with Crippen molar-refractivity contribution in [2.45, 2.75) is 69.4 Å². The molecule has 1 heterocycles. The first kappa shape index (κ1) is 17.0. The molecule has 4 aliphatic rings. The van der Waals surface area contributed by atoms with E-state index < -0.39 is 0 Å². The third kappa shape index (κ3) is 2.60. The van der Waals surface area contributed by atoms with E-state index in [1.807, 2.05) is 7.11 Å². The molecule has 1 atom stereocenters. The van der Waals surface area contributed by atoms with E-state index in [4.69, 9.17) is 17.0 Å².